The first kappa shape index (κ1) is 13.5. The van der Waals surface area contributed by atoms with Crippen molar-refractivity contribution in [3.63, 3.8) is 0 Å². The minimum Gasteiger partial charge on any atom is -0.369 e. The lowest BCUT2D eigenvalue weighted by Gasteiger charge is -2.09. The largest absolute Gasteiger partial charge is 0.369 e. The number of carbonyl (C=O) groups excluding carboxylic acids is 1. The van der Waals surface area contributed by atoms with Crippen LogP contribution in [-0.2, 0) is 9.53 Å². The van der Waals surface area contributed by atoms with E-state index in [1.54, 1.807) is 13.8 Å². The van der Waals surface area contributed by atoms with Gasteiger partial charge in [-0.05, 0) is 13.8 Å². The third-order valence-electron chi connectivity index (χ3n) is 1.83. The van der Waals surface area contributed by atoms with E-state index in [9.17, 15) is 18.0 Å². The molecule has 1 aromatic rings. The van der Waals surface area contributed by atoms with Gasteiger partial charge in [0.25, 0.3) is 0 Å². The summed E-state index contributed by atoms with van der Waals surface area (Å²) in [5, 5.41) is 2.09. The van der Waals surface area contributed by atoms with Crippen LogP contribution in [0.2, 0.25) is 0 Å². The molecule has 0 unspecified atom stereocenters. The summed E-state index contributed by atoms with van der Waals surface area (Å²) in [6, 6.07) is 0.951. The zero-order chi connectivity index (χ0) is 13.0. The number of hydrogen-bond acceptors (Lipinski definition) is 2. The van der Waals surface area contributed by atoms with Gasteiger partial charge in [0.1, 0.15) is 12.4 Å². The molecule has 0 fully saturated rings. The summed E-state index contributed by atoms with van der Waals surface area (Å²) < 4.78 is 43.5. The predicted octanol–water partition coefficient (Wildman–Crippen LogP) is 2.47. The molecule has 0 bridgehead atoms. The standard InChI is InChI=1S/C11H12F3NO2/c1-6(2)17-5-11(16)15-10-4-8(13)7(12)3-9(10)14/h3-4,6H,5H2,1-2H3,(H,15,16). The number of ether oxygens (including phenoxy) is 1. The maximum absolute atomic E-state index is 13.1. The van der Waals surface area contributed by atoms with Gasteiger partial charge in [0.15, 0.2) is 11.6 Å². The van der Waals surface area contributed by atoms with Crippen molar-refractivity contribution in [3.8, 4) is 0 Å². The van der Waals surface area contributed by atoms with E-state index in [4.69, 9.17) is 4.74 Å². The van der Waals surface area contributed by atoms with Gasteiger partial charge in [-0.1, -0.05) is 0 Å². The van der Waals surface area contributed by atoms with Gasteiger partial charge in [0.05, 0.1) is 11.8 Å². The van der Waals surface area contributed by atoms with Crippen molar-refractivity contribution in [3.05, 3.63) is 29.6 Å². The number of halogens is 3. The summed E-state index contributed by atoms with van der Waals surface area (Å²) in [6.45, 7) is 3.17. The van der Waals surface area contributed by atoms with Crippen LogP contribution in [0.25, 0.3) is 0 Å². The van der Waals surface area contributed by atoms with E-state index < -0.39 is 29.0 Å². The Labute approximate surface area is 96.6 Å². The van der Waals surface area contributed by atoms with Gasteiger partial charge >= 0.3 is 0 Å². The minimum absolute atomic E-state index is 0.157. The van der Waals surface area contributed by atoms with E-state index in [0.29, 0.717) is 12.1 Å². The normalized spacial score (nSPS) is 10.7. The molecule has 6 heteroatoms. The van der Waals surface area contributed by atoms with Crippen molar-refractivity contribution >= 4 is 11.6 Å². The fraction of sp³-hybridized carbons (Fsp3) is 0.364. The number of hydrogen-bond donors (Lipinski definition) is 1. The summed E-state index contributed by atoms with van der Waals surface area (Å²) in [4.78, 5) is 11.2. The maximum atomic E-state index is 13.1. The van der Waals surface area contributed by atoms with Gasteiger partial charge in [-0.15, -0.1) is 0 Å². The van der Waals surface area contributed by atoms with E-state index in [0.717, 1.165) is 0 Å². The van der Waals surface area contributed by atoms with E-state index in [1.807, 2.05) is 0 Å². The summed E-state index contributed by atoms with van der Waals surface area (Å²) in [7, 11) is 0. The molecule has 1 rings (SSSR count). The monoisotopic (exact) mass is 247 g/mol. The molecule has 1 N–H and O–H groups in total. The van der Waals surface area contributed by atoms with E-state index >= 15 is 0 Å². The van der Waals surface area contributed by atoms with Crippen LogP contribution in [0, 0.1) is 17.5 Å². The molecular formula is C11H12F3NO2. The molecule has 17 heavy (non-hydrogen) atoms. The first-order chi connectivity index (χ1) is 7.90. The molecule has 0 aliphatic carbocycles. The topological polar surface area (TPSA) is 38.3 Å². The van der Waals surface area contributed by atoms with E-state index in [-0.39, 0.29) is 12.7 Å². The number of amides is 1. The number of carbonyl (C=O) groups is 1. The van der Waals surface area contributed by atoms with Gasteiger partial charge in [-0.3, -0.25) is 4.79 Å². The lowest BCUT2D eigenvalue weighted by Crippen LogP contribution is -2.21. The Balaban J connectivity index is 2.68. The maximum Gasteiger partial charge on any atom is 0.250 e. The van der Waals surface area contributed by atoms with E-state index in [2.05, 4.69) is 5.32 Å². The highest BCUT2D eigenvalue weighted by Gasteiger charge is 2.12. The van der Waals surface area contributed by atoms with Crippen LogP contribution in [0.4, 0.5) is 18.9 Å². The molecule has 0 atom stereocenters. The Kier molecular flexibility index (Phi) is 4.51. The molecular weight excluding hydrogens is 235 g/mol. The van der Waals surface area contributed by atoms with Crippen molar-refractivity contribution < 1.29 is 22.7 Å². The Bertz CT molecular complexity index is 421. The summed E-state index contributed by atoms with van der Waals surface area (Å²) in [5.74, 6) is -4.21. The summed E-state index contributed by atoms with van der Waals surface area (Å²) in [5.41, 5.74) is -0.416. The Morgan fingerprint density at radius 1 is 1.24 bits per heavy atom. The highest BCUT2D eigenvalue weighted by Crippen LogP contribution is 2.18. The third kappa shape index (κ3) is 4.07. The van der Waals surface area contributed by atoms with Crippen molar-refractivity contribution in [1.82, 2.24) is 0 Å². The number of rotatable bonds is 4. The summed E-state index contributed by atoms with van der Waals surface area (Å²) >= 11 is 0. The van der Waals surface area contributed by atoms with Crippen LogP contribution in [0.3, 0.4) is 0 Å². The van der Waals surface area contributed by atoms with Gasteiger partial charge in [-0.25, -0.2) is 13.2 Å². The van der Waals surface area contributed by atoms with Crippen molar-refractivity contribution in [2.75, 3.05) is 11.9 Å². The van der Waals surface area contributed by atoms with E-state index in [1.165, 1.54) is 0 Å². The Morgan fingerprint density at radius 2 is 1.82 bits per heavy atom. The predicted molar refractivity (Wildman–Crippen MR) is 56.0 cm³/mol. The second-order valence-corrected chi connectivity index (χ2v) is 3.65. The van der Waals surface area contributed by atoms with Crippen LogP contribution >= 0.6 is 0 Å². The molecule has 94 valence electrons. The SMILES string of the molecule is CC(C)OCC(=O)Nc1cc(F)c(F)cc1F. The van der Waals surface area contributed by atoms with Crippen molar-refractivity contribution in [2.45, 2.75) is 20.0 Å². The molecule has 0 spiro atoms. The first-order valence-electron chi connectivity index (χ1n) is 4.96. The zero-order valence-corrected chi connectivity index (χ0v) is 9.39. The highest BCUT2D eigenvalue weighted by atomic mass is 19.2. The molecule has 0 saturated carbocycles. The average molecular weight is 247 g/mol. The highest BCUT2D eigenvalue weighted by molar-refractivity contribution is 5.91. The molecule has 1 aromatic carbocycles. The molecule has 3 nitrogen and oxygen atoms in total. The first-order valence-corrected chi connectivity index (χ1v) is 4.96. The van der Waals surface area contributed by atoms with Gasteiger partial charge in [0.2, 0.25) is 5.91 Å². The smallest absolute Gasteiger partial charge is 0.250 e. The van der Waals surface area contributed by atoms with Crippen molar-refractivity contribution in [1.29, 1.82) is 0 Å². The van der Waals surface area contributed by atoms with Crippen LogP contribution in [0.1, 0.15) is 13.8 Å². The molecule has 0 heterocycles. The van der Waals surface area contributed by atoms with Gasteiger partial charge in [0, 0.05) is 12.1 Å². The Hall–Kier alpha value is -1.56. The molecule has 1 amide bonds. The van der Waals surface area contributed by atoms with Crippen LogP contribution in [0.15, 0.2) is 12.1 Å². The third-order valence-corrected chi connectivity index (χ3v) is 1.83. The van der Waals surface area contributed by atoms with Crippen LogP contribution < -0.4 is 5.32 Å². The number of benzene rings is 1. The molecule has 0 aromatic heterocycles. The summed E-state index contributed by atoms with van der Waals surface area (Å²) in [6.07, 6.45) is -0.157. The number of anilines is 1. The fourth-order valence-electron chi connectivity index (χ4n) is 1.05. The molecule has 0 aliphatic heterocycles. The second-order valence-electron chi connectivity index (χ2n) is 3.65. The van der Waals surface area contributed by atoms with Crippen molar-refractivity contribution in [2.24, 2.45) is 0 Å². The van der Waals surface area contributed by atoms with Gasteiger partial charge in [-0.2, -0.15) is 0 Å². The minimum atomic E-state index is -1.31. The Morgan fingerprint density at radius 3 is 2.41 bits per heavy atom. The molecule has 0 saturated heterocycles. The van der Waals surface area contributed by atoms with Gasteiger partial charge < -0.3 is 10.1 Å². The lowest BCUT2D eigenvalue weighted by molar-refractivity contribution is -0.121. The van der Waals surface area contributed by atoms with Crippen LogP contribution in [0.5, 0.6) is 0 Å². The lowest BCUT2D eigenvalue weighted by atomic mass is 10.3. The number of nitrogens with one attached hydrogen (secondary N) is 1. The molecule has 0 aliphatic rings. The van der Waals surface area contributed by atoms with Crippen LogP contribution in [-0.4, -0.2) is 18.6 Å². The average Bonchev–Trinajstić information content (AvgIpc) is 2.23. The quantitative estimate of drug-likeness (QED) is 0.830. The second kappa shape index (κ2) is 5.67. The molecule has 0 radical (unpaired) electrons. The fourth-order valence-corrected chi connectivity index (χ4v) is 1.05. The zero-order valence-electron chi connectivity index (χ0n) is 9.39.